The van der Waals surface area contributed by atoms with E-state index in [9.17, 15) is 4.79 Å². The van der Waals surface area contributed by atoms with Crippen molar-refractivity contribution in [3.05, 3.63) is 68.4 Å². The molecule has 0 aliphatic carbocycles. The van der Waals surface area contributed by atoms with Crippen LogP contribution in [0.3, 0.4) is 0 Å². The SMILES string of the molecule is Cc1cccn2c(=O)cc(CN(Cc3ccsc3)C[C@H]3CCCO3)nc12. The fourth-order valence-electron chi connectivity index (χ4n) is 3.52. The van der Waals surface area contributed by atoms with Crippen molar-refractivity contribution in [2.24, 2.45) is 0 Å². The van der Waals surface area contributed by atoms with E-state index in [0.29, 0.717) is 6.54 Å². The largest absolute Gasteiger partial charge is 0.377 e. The number of hydrogen-bond acceptors (Lipinski definition) is 5. The summed E-state index contributed by atoms with van der Waals surface area (Å²) in [6, 6.07) is 7.68. The molecule has 3 aromatic rings. The molecule has 1 saturated heterocycles. The van der Waals surface area contributed by atoms with E-state index < -0.39 is 0 Å². The quantitative estimate of drug-likeness (QED) is 0.669. The molecule has 6 heteroatoms. The van der Waals surface area contributed by atoms with Crippen LogP contribution in [0.25, 0.3) is 5.65 Å². The fourth-order valence-corrected chi connectivity index (χ4v) is 4.18. The fraction of sp³-hybridized carbons (Fsp3) is 0.400. The lowest BCUT2D eigenvalue weighted by atomic mass is 10.2. The van der Waals surface area contributed by atoms with E-state index in [1.807, 2.05) is 19.1 Å². The highest BCUT2D eigenvalue weighted by molar-refractivity contribution is 7.07. The molecule has 0 radical (unpaired) electrons. The Kier molecular flexibility index (Phi) is 5.15. The molecule has 1 fully saturated rings. The maximum absolute atomic E-state index is 12.5. The molecular formula is C20H23N3O2S. The van der Waals surface area contributed by atoms with Crippen molar-refractivity contribution in [3.63, 3.8) is 0 Å². The standard InChI is InChI=1S/C20H23N3O2S/c1-15-4-2-7-23-19(24)10-17(21-20(15)23)12-22(11-16-6-9-26-14-16)13-18-5-3-8-25-18/h2,4,6-7,9-10,14,18H,3,5,8,11-13H2,1H3/t18-/m1/s1. The lowest BCUT2D eigenvalue weighted by Crippen LogP contribution is -2.32. The lowest BCUT2D eigenvalue weighted by molar-refractivity contribution is 0.0675. The van der Waals surface area contributed by atoms with Gasteiger partial charge in [0.2, 0.25) is 0 Å². The van der Waals surface area contributed by atoms with Crippen molar-refractivity contribution in [2.75, 3.05) is 13.2 Å². The van der Waals surface area contributed by atoms with Crippen LogP contribution in [-0.4, -0.2) is 33.5 Å². The topological polar surface area (TPSA) is 46.8 Å². The monoisotopic (exact) mass is 369 g/mol. The first-order valence-electron chi connectivity index (χ1n) is 9.02. The number of rotatable bonds is 6. The minimum absolute atomic E-state index is 0.0266. The highest BCUT2D eigenvalue weighted by Crippen LogP contribution is 2.18. The number of fused-ring (bicyclic) bond motifs is 1. The highest BCUT2D eigenvalue weighted by Gasteiger charge is 2.20. The average Bonchev–Trinajstić information content (AvgIpc) is 3.30. The molecule has 0 amide bonds. The van der Waals surface area contributed by atoms with Crippen molar-refractivity contribution in [2.45, 2.75) is 39.0 Å². The van der Waals surface area contributed by atoms with Crippen LogP contribution in [0.2, 0.25) is 0 Å². The Morgan fingerprint density at radius 2 is 2.31 bits per heavy atom. The molecule has 4 heterocycles. The Morgan fingerprint density at radius 1 is 1.38 bits per heavy atom. The molecule has 0 bridgehead atoms. The van der Waals surface area contributed by atoms with Crippen LogP contribution in [0.4, 0.5) is 0 Å². The zero-order valence-electron chi connectivity index (χ0n) is 14.9. The molecule has 26 heavy (non-hydrogen) atoms. The van der Waals surface area contributed by atoms with Gasteiger partial charge in [-0.15, -0.1) is 0 Å². The van der Waals surface area contributed by atoms with Gasteiger partial charge in [-0.2, -0.15) is 11.3 Å². The zero-order chi connectivity index (χ0) is 17.9. The number of pyridine rings is 1. The molecule has 0 saturated carbocycles. The summed E-state index contributed by atoms with van der Waals surface area (Å²) in [4.78, 5) is 19.6. The summed E-state index contributed by atoms with van der Waals surface area (Å²) in [7, 11) is 0. The van der Waals surface area contributed by atoms with Crippen LogP contribution >= 0.6 is 11.3 Å². The molecule has 0 spiro atoms. The van der Waals surface area contributed by atoms with Crippen LogP contribution in [0.5, 0.6) is 0 Å². The Morgan fingerprint density at radius 3 is 3.08 bits per heavy atom. The van der Waals surface area contributed by atoms with Gasteiger partial charge >= 0.3 is 0 Å². The molecule has 4 rings (SSSR count). The van der Waals surface area contributed by atoms with E-state index in [1.54, 1.807) is 28.0 Å². The first-order valence-corrected chi connectivity index (χ1v) is 9.96. The van der Waals surface area contributed by atoms with Crippen LogP contribution < -0.4 is 5.56 Å². The van der Waals surface area contributed by atoms with Gasteiger partial charge in [0, 0.05) is 38.5 Å². The van der Waals surface area contributed by atoms with Crippen molar-refractivity contribution in [1.82, 2.24) is 14.3 Å². The number of ether oxygens (including phenoxy) is 1. The van der Waals surface area contributed by atoms with E-state index in [0.717, 1.165) is 49.4 Å². The number of thiophene rings is 1. The van der Waals surface area contributed by atoms with Gasteiger partial charge in [-0.05, 0) is 53.8 Å². The third-order valence-corrected chi connectivity index (χ3v) is 5.53. The first-order chi connectivity index (χ1) is 12.7. The Bertz CT molecular complexity index is 930. The van der Waals surface area contributed by atoms with Crippen LogP contribution in [0.1, 0.15) is 29.7 Å². The second-order valence-electron chi connectivity index (χ2n) is 6.91. The van der Waals surface area contributed by atoms with Gasteiger partial charge < -0.3 is 4.74 Å². The summed E-state index contributed by atoms with van der Waals surface area (Å²) >= 11 is 1.71. The van der Waals surface area contributed by atoms with E-state index >= 15 is 0 Å². The molecule has 1 aliphatic heterocycles. The van der Waals surface area contributed by atoms with E-state index in [1.165, 1.54) is 5.56 Å². The van der Waals surface area contributed by atoms with Gasteiger partial charge in [-0.1, -0.05) is 6.07 Å². The minimum Gasteiger partial charge on any atom is -0.377 e. The molecule has 1 aliphatic rings. The summed E-state index contributed by atoms with van der Waals surface area (Å²) in [6.45, 7) is 5.20. The number of nitrogens with zero attached hydrogens (tertiary/aromatic N) is 3. The van der Waals surface area contributed by atoms with E-state index in [4.69, 9.17) is 9.72 Å². The van der Waals surface area contributed by atoms with Crippen molar-refractivity contribution in [1.29, 1.82) is 0 Å². The van der Waals surface area contributed by atoms with Crippen molar-refractivity contribution in [3.8, 4) is 0 Å². The minimum atomic E-state index is -0.0266. The molecule has 3 aromatic heterocycles. The molecule has 0 unspecified atom stereocenters. The third-order valence-electron chi connectivity index (χ3n) is 4.80. The van der Waals surface area contributed by atoms with Gasteiger partial charge in [0.05, 0.1) is 11.8 Å². The van der Waals surface area contributed by atoms with Gasteiger partial charge in [-0.25, -0.2) is 4.98 Å². The van der Waals surface area contributed by atoms with E-state index in [2.05, 4.69) is 21.7 Å². The summed E-state index contributed by atoms with van der Waals surface area (Å²) in [5, 5.41) is 4.28. The Labute approximate surface area is 156 Å². The van der Waals surface area contributed by atoms with Crippen LogP contribution in [-0.2, 0) is 17.8 Å². The maximum atomic E-state index is 12.5. The van der Waals surface area contributed by atoms with Gasteiger partial charge in [0.25, 0.3) is 5.56 Å². The summed E-state index contributed by atoms with van der Waals surface area (Å²) in [5.41, 5.74) is 3.83. The number of aromatic nitrogens is 2. The third kappa shape index (κ3) is 3.87. The smallest absolute Gasteiger partial charge is 0.258 e. The predicted octanol–water partition coefficient (Wildman–Crippen LogP) is 3.25. The summed E-state index contributed by atoms with van der Waals surface area (Å²) in [6.07, 6.45) is 4.28. The molecule has 136 valence electrons. The van der Waals surface area contributed by atoms with Crippen molar-refractivity contribution >= 4 is 17.0 Å². The summed E-state index contributed by atoms with van der Waals surface area (Å²) < 4.78 is 7.44. The van der Waals surface area contributed by atoms with Crippen LogP contribution in [0.15, 0.2) is 46.0 Å². The maximum Gasteiger partial charge on any atom is 0.258 e. The predicted molar refractivity (Wildman–Crippen MR) is 104 cm³/mol. The van der Waals surface area contributed by atoms with Gasteiger partial charge in [-0.3, -0.25) is 14.1 Å². The Balaban J connectivity index is 1.60. The van der Waals surface area contributed by atoms with Gasteiger partial charge in [0.1, 0.15) is 5.65 Å². The second-order valence-corrected chi connectivity index (χ2v) is 7.69. The van der Waals surface area contributed by atoms with E-state index in [-0.39, 0.29) is 11.7 Å². The zero-order valence-corrected chi connectivity index (χ0v) is 15.7. The number of aryl methyl sites for hydroxylation is 1. The number of hydrogen-bond donors (Lipinski definition) is 0. The lowest BCUT2D eigenvalue weighted by Gasteiger charge is -2.24. The second kappa shape index (κ2) is 7.70. The molecule has 0 N–H and O–H groups in total. The first kappa shape index (κ1) is 17.4. The van der Waals surface area contributed by atoms with Crippen LogP contribution in [0, 0.1) is 6.92 Å². The van der Waals surface area contributed by atoms with Crippen molar-refractivity contribution < 1.29 is 4.74 Å². The summed E-state index contributed by atoms with van der Waals surface area (Å²) in [5.74, 6) is 0. The highest BCUT2D eigenvalue weighted by atomic mass is 32.1. The molecule has 1 atom stereocenters. The molecular weight excluding hydrogens is 346 g/mol. The Hall–Kier alpha value is -2.02. The average molecular weight is 369 g/mol. The normalized spacial score (nSPS) is 17.4. The van der Waals surface area contributed by atoms with Gasteiger partial charge in [0.15, 0.2) is 0 Å². The molecule has 0 aromatic carbocycles. The molecule has 5 nitrogen and oxygen atoms in total.